The van der Waals surface area contributed by atoms with E-state index in [-0.39, 0.29) is 12.0 Å². The summed E-state index contributed by atoms with van der Waals surface area (Å²) in [7, 11) is 0. The molecule has 0 radical (unpaired) electrons. The Balaban J connectivity index is 1.81. The number of nitrogens with zero attached hydrogens (tertiary/aromatic N) is 1. The minimum absolute atomic E-state index is 0.130. The van der Waals surface area contributed by atoms with E-state index in [0.29, 0.717) is 18.9 Å². The zero-order valence-corrected chi connectivity index (χ0v) is 12.0. The normalized spacial score (nSPS) is 24.3. The van der Waals surface area contributed by atoms with Gasteiger partial charge in [-0.15, -0.1) is 11.3 Å². The van der Waals surface area contributed by atoms with Crippen LogP contribution in [-0.2, 0) is 11.2 Å². The fourth-order valence-corrected chi connectivity index (χ4v) is 3.23. The molecule has 0 saturated carbocycles. The minimum Gasteiger partial charge on any atom is -0.391 e. The van der Waals surface area contributed by atoms with Crippen molar-refractivity contribution in [2.24, 2.45) is 5.92 Å². The summed E-state index contributed by atoms with van der Waals surface area (Å²) in [5.74, 6) is 0.427. The molecule has 1 fully saturated rings. The van der Waals surface area contributed by atoms with Gasteiger partial charge in [-0.3, -0.25) is 4.79 Å². The van der Waals surface area contributed by atoms with Crippen molar-refractivity contribution in [2.45, 2.75) is 32.3 Å². The third-order valence-electron chi connectivity index (χ3n) is 3.48. The molecule has 2 heterocycles. The Labute approximate surface area is 116 Å². The third kappa shape index (κ3) is 3.46. The molecule has 0 aliphatic carbocycles. The molecule has 100 valence electrons. The summed E-state index contributed by atoms with van der Waals surface area (Å²) in [5, 5.41) is 12.4. The van der Waals surface area contributed by atoms with Crippen molar-refractivity contribution in [2.75, 3.05) is 13.1 Å². The summed E-state index contributed by atoms with van der Waals surface area (Å²) < 4.78 is 0. The van der Waals surface area contributed by atoms with Gasteiger partial charge in [0.05, 0.1) is 11.1 Å². The number of carbonyl (C=O) groups excluding carboxylic acids is 1. The van der Waals surface area contributed by atoms with Gasteiger partial charge in [0.25, 0.3) is 0 Å². The van der Waals surface area contributed by atoms with Crippen LogP contribution >= 0.6 is 22.9 Å². The number of aliphatic hydroxyl groups excluding tert-OH is 1. The quantitative estimate of drug-likeness (QED) is 0.928. The summed E-state index contributed by atoms with van der Waals surface area (Å²) in [5.41, 5.74) is 0. The standard InChI is InChI=1S/C13H18ClNO2S/c1-9-4-5-15(7-12(9)16)13(17)3-2-11-6-10(14)8-18-11/h6,8-9,12,16H,2-5,7H2,1H3. The van der Waals surface area contributed by atoms with E-state index < -0.39 is 0 Å². The predicted octanol–water partition coefficient (Wildman–Crippen LogP) is 2.56. The Morgan fingerprint density at radius 3 is 3.06 bits per heavy atom. The number of hydrogen-bond acceptors (Lipinski definition) is 3. The summed E-state index contributed by atoms with van der Waals surface area (Å²) >= 11 is 7.43. The van der Waals surface area contributed by atoms with Crippen molar-refractivity contribution < 1.29 is 9.90 Å². The highest BCUT2D eigenvalue weighted by atomic mass is 35.5. The fraction of sp³-hybridized carbons (Fsp3) is 0.615. The minimum atomic E-state index is -0.376. The highest BCUT2D eigenvalue weighted by Gasteiger charge is 2.26. The molecule has 5 heteroatoms. The number of halogens is 1. The maximum absolute atomic E-state index is 12.0. The second kappa shape index (κ2) is 6.04. The van der Waals surface area contributed by atoms with E-state index in [1.54, 1.807) is 16.2 Å². The van der Waals surface area contributed by atoms with Gasteiger partial charge in [-0.1, -0.05) is 18.5 Å². The molecule has 0 bridgehead atoms. The first-order valence-electron chi connectivity index (χ1n) is 6.25. The first kappa shape index (κ1) is 13.8. The van der Waals surface area contributed by atoms with Crippen LogP contribution in [0.3, 0.4) is 0 Å². The van der Waals surface area contributed by atoms with Crippen LogP contribution in [0.5, 0.6) is 0 Å². The lowest BCUT2D eigenvalue weighted by Crippen LogP contribution is -2.45. The topological polar surface area (TPSA) is 40.5 Å². The molecule has 1 aliphatic rings. The smallest absolute Gasteiger partial charge is 0.223 e. The lowest BCUT2D eigenvalue weighted by Gasteiger charge is -2.34. The van der Waals surface area contributed by atoms with Crippen LogP contribution in [0.2, 0.25) is 5.02 Å². The largest absolute Gasteiger partial charge is 0.391 e. The Hall–Kier alpha value is -0.580. The van der Waals surface area contributed by atoms with Gasteiger partial charge in [-0.05, 0) is 24.8 Å². The van der Waals surface area contributed by atoms with Crippen molar-refractivity contribution in [1.29, 1.82) is 0 Å². The highest BCUT2D eigenvalue weighted by Crippen LogP contribution is 2.22. The zero-order chi connectivity index (χ0) is 13.1. The lowest BCUT2D eigenvalue weighted by atomic mass is 9.96. The summed E-state index contributed by atoms with van der Waals surface area (Å²) in [4.78, 5) is 14.9. The van der Waals surface area contributed by atoms with Crippen LogP contribution in [0.4, 0.5) is 0 Å². The highest BCUT2D eigenvalue weighted by molar-refractivity contribution is 7.10. The number of aryl methyl sites for hydroxylation is 1. The number of thiophene rings is 1. The van der Waals surface area contributed by atoms with E-state index in [9.17, 15) is 9.90 Å². The molecule has 1 amide bonds. The Morgan fingerprint density at radius 2 is 2.44 bits per heavy atom. The molecule has 1 aromatic heterocycles. The predicted molar refractivity (Wildman–Crippen MR) is 74.0 cm³/mol. The van der Waals surface area contributed by atoms with E-state index in [4.69, 9.17) is 11.6 Å². The van der Waals surface area contributed by atoms with E-state index in [0.717, 1.165) is 29.3 Å². The molecular formula is C13H18ClNO2S. The van der Waals surface area contributed by atoms with Crippen LogP contribution in [0.15, 0.2) is 11.4 Å². The van der Waals surface area contributed by atoms with Gasteiger partial charge in [0.2, 0.25) is 5.91 Å². The number of rotatable bonds is 3. The fourth-order valence-electron chi connectivity index (χ4n) is 2.15. The number of aliphatic hydroxyl groups is 1. The molecular weight excluding hydrogens is 270 g/mol. The zero-order valence-electron chi connectivity index (χ0n) is 10.4. The summed E-state index contributed by atoms with van der Waals surface area (Å²) in [6.45, 7) is 3.27. The molecule has 1 saturated heterocycles. The van der Waals surface area contributed by atoms with Crippen LogP contribution in [-0.4, -0.2) is 35.1 Å². The average Bonchev–Trinajstić information content (AvgIpc) is 2.75. The van der Waals surface area contributed by atoms with Gasteiger partial charge in [-0.2, -0.15) is 0 Å². The molecule has 3 nitrogen and oxygen atoms in total. The molecule has 0 spiro atoms. The third-order valence-corrected chi connectivity index (χ3v) is 4.82. The molecule has 2 unspecified atom stereocenters. The molecule has 2 rings (SSSR count). The summed E-state index contributed by atoms with van der Waals surface area (Å²) in [6, 6.07) is 1.91. The SMILES string of the molecule is CC1CCN(C(=O)CCc2cc(Cl)cs2)CC1O. The second-order valence-corrected chi connectivity index (χ2v) is 6.34. The van der Waals surface area contributed by atoms with E-state index in [1.807, 2.05) is 18.4 Å². The van der Waals surface area contributed by atoms with Gasteiger partial charge < -0.3 is 10.0 Å². The van der Waals surface area contributed by atoms with Gasteiger partial charge >= 0.3 is 0 Å². The first-order chi connectivity index (χ1) is 8.56. The molecule has 0 aromatic carbocycles. The Morgan fingerprint density at radius 1 is 1.67 bits per heavy atom. The van der Waals surface area contributed by atoms with Crippen molar-refractivity contribution in [3.8, 4) is 0 Å². The second-order valence-electron chi connectivity index (χ2n) is 4.90. The molecule has 1 N–H and O–H groups in total. The van der Waals surface area contributed by atoms with Gasteiger partial charge in [0.15, 0.2) is 0 Å². The molecule has 2 atom stereocenters. The van der Waals surface area contributed by atoms with Gasteiger partial charge in [0, 0.05) is 29.8 Å². The number of hydrogen-bond donors (Lipinski definition) is 1. The van der Waals surface area contributed by atoms with Crippen molar-refractivity contribution >= 4 is 28.8 Å². The van der Waals surface area contributed by atoms with Crippen LogP contribution in [0, 0.1) is 5.92 Å². The number of likely N-dealkylation sites (tertiary alicyclic amines) is 1. The number of carbonyl (C=O) groups is 1. The van der Waals surface area contributed by atoms with Crippen molar-refractivity contribution in [3.63, 3.8) is 0 Å². The summed E-state index contributed by atoms with van der Waals surface area (Å²) in [6.07, 6.45) is 1.74. The molecule has 1 aliphatic heterocycles. The number of β-amino-alcohol motifs (C(OH)–C–C–N with tert-alkyl or cyclic N) is 1. The monoisotopic (exact) mass is 287 g/mol. The molecule has 18 heavy (non-hydrogen) atoms. The first-order valence-corrected chi connectivity index (χ1v) is 7.51. The van der Waals surface area contributed by atoms with Crippen molar-refractivity contribution in [3.05, 3.63) is 21.3 Å². The maximum Gasteiger partial charge on any atom is 0.223 e. The number of amides is 1. The average molecular weight is 288 g/mol. The maximum atomic E-state index is 12.0. The molecule has 1 aromatic rings. The van der Waals surface area contributed by atoms with Crippen LogP contribution < -0.4 is 0 Å². The Bertz CT molecular complexity index is 421. The van der Waals surface area contributed by atoms with Gasteiger partial charge in [-0.25, -0.2) is 0 Å². The van der Waals surface area contributed by atoms with E-state index in [1.165, 1.54) is 0 Å². The lowest BCUT2D eigenvalue weighted by molar-refractivity contribution is -0.135. The van der Waals surface area contributed by atoms with E-state index in [2.05, 4.69) is 0 Å². The van der Waals surface area contributed by atoms with Crippen LogP contribution in [0.25, 0.3) is 0 Å². The Kier molecular flexibility index (Phi) is 4.65. The van der Waals surface area contributed by atoms with Crippen LogP contribution in [0.1, 0.15) is 24.6 Å². The number of piperidine rings is 1. The van der Waals surface area contributed by atoms with Crippen molar-refractivity contribution in [1.82, 2.24) is 4.90 Å². The van der Waals surface area contributed by atoms with Gasteiger partial charge in [0.1, 0.15) is 0 Å². The van der Waals surface area contributed by atoms with E-state index >= 15 is 0 Å².